The van der Waals surface area contributed by atoms with Crippen molar-refractivity contribution in [1.29, 1.82) is 5.26 Å². The molecule has 0 saturated heterocycles. The van der Waals surface area contributed by atoms with E-state index in [1.165, 1.54) is 27.7 Å². The molecule has 10 nitrogen and oxygen atoms in total. The summed E-state index contributed by atoms with van der Waals surface area (Å²) in [4.78, 5) is 54.6. The molecule has 0 saturated carbocycles. The number of anilines is 2. The lowest BCUT2D eigenvalue weighted by Crippen LogP contribution is -2.35. The van der Waals surface area contributed by atoms with Gasteiger partial charge in [-0.25, -0.2) is 14.8 Å². The maximum Gasteiger partial charge on any atom is 0.231 e. The highest BCUT2D eigenvalue weighted by molar-refractivity contribution is 6.20. The van der Waals surface area contributed by atoms with Gasteiger partial charge in [0.2, 0.25) is 23.6 Å². The molecule has 1 N–H and O–H groups in total. The molecule has 0 aliphatic carbocycles. The lowest BCUT2D eigenvalue weighted by Gasteiger charge is -2.20. The Kier molecular flexibility index (Phi) is 5.61. The summed E-state index contributed by atoms with van der Waals surface area (Å²) < 4.78 is 0. The summed E-state index contributed by atoms with van der Waals surface area (Å²) in [5.74, 6) is -2.58. The van der Waals surface area contributed by atoms with Crippen LogP contribution in [0, 0.1) is 11.3 Å². The topological polar surface area (TPSA) is 140 Å². The Morgan fingerprint density at radius 2 is 1.39 bits per heavy atom. The summed E-state index contributed by atoms with van der Waals surface area (Å²) in [7, 11) is 0. The van der Waals surface area contributed by atoms with Crippen molar-refractivity contribution in [2.45, 2.75) is 27.7 Å². The van der Waals surface area contributed by atoms with Crippen LogP contribution in [0.5, 0.6) is 0 Å². The van der Waals surface area contributed by atoms with Crippen LogP contribution in [0.4, 0.5) is 11.6 Å². The monoisotopic (exact) mass is 418 g/mol. The molecular weight excluding hydrogens is 400 g/mol. The Balaban J connectivity index is 2.53. The summed E-state index contributed by atoms with van der Waals surface area (Å²) in [6.45, 7) is 4.79. The highest BCUT2D eigenvalue weighted by Gasteiger charge is 2.31. The first-order valence-electron chi connectivity index (χ1n) is 9.19. The molecule has 2 aromatic heterocycles. The molecule has 0 bridgehead atoms. The molecule has 3 aromatic rings. The summed E-state index contributed by atoms with van der Waals surface area (Å²) in [6, 6.07) is 10.7. The van der Waals surface area contributed by atoms with Crippen molar-refractivity contribution < 1.29 is 19.2 Å². The first-order valence-corrected chi connectivity index (χ1v) is 9.19. The smallest absolute Gasteiger partial charge is 0.231 e. The third-order valence-corrected chi connectivity index (χ3v) is 4.53. The quantitative estimate of drug-likeness (QED) is 0.688. The minimum Gasteiger partial charge on any atom is -0.274 e. The Hall–Kier alpha value is -4.39. The zero-order valence-corrected chi connectivity index (χ0v) is 17.3. The van der Waals surface area contributed by atoms with E-state index in [1.54, 1.807) is 30.3 Å². The SMILES string of the molecule is CC(=O)N(C(C)=O)c1nc2[nH]nc(N(C(C)=O)C(C)=O)c2c(-c2ccccc2)c1C#N. The van der Waals surface area contributed by atoms with Crippen molar-refractivity contribution in [3.8, 4) is 17.2 Å². The van der Waals surface area contributed by atoms with Crippen LogP contribution in [-0.4, -0.2) is 38.8 Å². The van der Waals surface area contributed by atoms with Gasteiger partial charge in [-0.2, -0.15) is 10.4 Å². The molecular formula is C21H18N6O4. The Bertz CT molecular complexity index is 1240. The molecule has 1 aromatic carbocycles. The van der Waals surface area contributed by atoms with Crippen molar-refractivity contribution in [3.63, 3.8) is 0 Å². The number of fused-ring (bicyclic) bond motifs is 1. The fraction of sp³-hybridized carbons (Fsp3) is 0.190. The Morgan fingerprint density at radius 1 is 0.871 bits per heavy atom. The maximum atomic E-state index is 12.2. The fourth-order valence-corrected chi connectivity index (χ4v) is 3.40. The lowest BCUT2D eigenvalue weighted by atomic mass is 9.97. The van der Waals surface area contributed by atoms with E-state index in [1.807, 2.05) is 6.07 Å². The number of benzene rings is 1. The molecule has 4 amide bonds. The van der Waals surface area contributed by atoms with E-state index in [4.69, 9.17) is 0 Å². The molecule has 0 spiro atoms. The second kappa shape index (κ2) is 8.16. The van der Waals surface area contributed by atoms with Gasteiger partial charge in [0.05, 0.1) is 5.39 Å². The molecule has 10 heteroatoms. The molecule has 31 heavy (non-hydrogen) atoms. The summed E-state index contributed by atoms with van der Waals surface area (Å²) in [5, 5.41) is 17.0. The van der Waals surface area contributed by atoms with E-state index in [0.29, 0.717) is 5.56 Å². The highest BCUT2D eigenvalue weighted by atomic mass is 16.2. The van der Waals surface area contributed by atoms with Crippen molar-refractivity contribution in [2.75, 3.05) is 9.80 Å². The normalized spacial score (nSPS) is 10.4. The van der Waals surface area contributed by atoms with Crippen LogP contribution in [0.15, 0.2) is 30.3 Å². The first-order chi connectivity index (χ1) is 14.7. The number of aromatic amines is 1. The summed E-state index contributed by atoms with van der Waals surface area (Å²) in [6.07, 6.45) is 0. The molecule has 0 aliphatic rings. The minimum atomic E-state index is -0.622. The van der Waals surface area contributed by atoms with Gasteiger partial charge in [0.25, 0.3) is 0 Å². The molecule has 156 valence electrons. The van der Waals surface area contributed by atoms with E-state index < -0.39 is 23.6 Å². The van der Waals surface area contributed by atoms with E-state index in [0.717, 1.165) is 9.80 Å². The predicted octanol–water partition coefficient (Wildman–Crippen LogP) is 2.30. The van der Waals surface area contributed by atoms with Crippen LogP contribution in [0.2, 0.25) is 0 Å². The van der Waals surface area contributed by atoms with E-state index in [9.17, 15) is 24.4 Å². The number of nitrogens with zero attached hydrogens (tertiary/aromatic N) is 5. The predicted molar refractivity (Wildman–Crippen MR) is 112 cm³/mol. The van der Waals surface area contributed by atoms with Gasteiger partial charge in [-0.15, -0.1) is 0 Å². The number of carbonyl (C=O) groups excluding carboxylic acids is 4. The number of pyridine rings is 1. The van der Waals surface area contributed by atoms with Gasteiger partial charge in [-0.1, -0.05) is 30.3 Å². The van der Waals surface area contributed by atoms with Gasteiger partial charge in [-0.05, 0) is 5.56 Å². The van der Waals surface area contributed by atoms with Gasteiger partial charge >= 0.3 is 0 Å². The molecule has 0 atom stereocenters. The third kappa shape index (κ3) is 3.64. The summed E-state index contributed by atoms with van der Waals surface area (Å²) >= 11 is 0. The molecule has 0 aliphatic heterocycles. The van der Waals surface area contributed by atoms with Gasteiger partial charge in [0.15, 0.2) is 17.3 Å². The zero-order chi connectivity index (χ0) is 22.9. The van der Waals surface area contributed by atoms with Crippen LogP contribution < -0.4 is 9.80 Å². The van der Waals surface area contributed by atoms with Crippen LogP contribution in [0.1, 0.15) is 33.3 Å². The minimum absolute atomic E-state index is 0.0263. The third-order valence-electron chi connectivity index (χ3n) is 4.53. The van der Waals surface area contributed by atoms with E-state index >= 15 is 0 Å². The molecule has 2 heterocycles. The number of hydrogen-bond donors (Lipinski definition) is 1. The first kappa shape index (κ1) is 21.3. The van der Waals surface area contributed by atoms with Gasteiger partial charge in [0, 0.05) is 33.3 Å². The van der Waals surface area contributed by atoms with Crippen LogP contribution in [-0.2, 0) is 19.2 Å². The molecule has 0 radical (unpaired) electrons. The number of hydrogen-bond acceptors (Lipinski definition) is 7. The average molecular weight is 418 g/mol. The average Bonchev–Trinajstić information content (AvgIpc) is 3.09. The Labute approximate surface area is 177 Å². The highest BCUT2D eigenvalue weighted by Crippen LogP contribution is 2.40. The largest absolute Gasteiger partial charge is 0.274 e. The summed E-state index contributed by atoms with van der Waals surface area (Å²) in [5.41, 5.74) is 0.864. The zero-order valence-electron chi connectivity index (χ0n) is 17.3. The van der Waals surface area contributed by atoms with Crippen LogP contribution in [0.25, 0.3) is 22.2 Å². The maximum absolute atomic E-state index is 12.2. The number of H-pyrrole nitrogens is 1. The number of rotatable bonds is 3. The second-order valence-corrected chi connectivity index (χ2v) is 6.68. The van der Waals surface area contributed by atoms with Crippen molar-refractivity contribution >= 4 is 46.3 Å². The number of aromatic nitrogens is 3. The van der Waals surface area contributed by atoms with Crippen molar-refractivity contribution in [3.05, 3.63) is 35.9 Å². The van der Waals surface area contributed by atoms with Gasteiger partial charge in [-0.3, -0.25) is 24.3 Å². The lowest BCUT2D eigenvalue weighted by molar-refractivity contribution is -0.125. The number of nitriles is 1. The number of amides is 4. The van der Waals surface area contributed by atoms with Gasteiger partial charge in [0.1, 0.15) is 11.6 Å². The second-order valence-electron chi connectivity index (χ2n) is 6.68. The number of nitrogens with one attached hydrogen (secondary N) is 1. The number of imide groups is 2. The Morgan fingerprint density at radius 3 is 1.87 bits per heavy atom. The fourth-order valence-electron chi connectivity index (χ4n) is 3.40. The standard InChI is InChI=1S/C21H18N6O4/c1-11(28)26(12(2)29)20-16(10-22)17(15-8-6-5-7-9-15)18-19(23-20)24-25-21(18)27(13(3)30)14(4)31/h5-9H,1-4H3,(H,23,24,25). The molecule has 3 rings (SSSR count). The molecule has 0 unspecified atom stereocenters. The van der Waals surface area contributed by atoms with Gasteiger partial charge < -0.3 is 0 Å². The van der Waals surface area contributed by atoms with Crippen LogP contribution >= 0.6 is 0 Å². The molecule has 0 fully saturated rings. The van der Waals surface area contributed by atoms with Crippen molar-refractivity contribution in [1.82, 2.24) is 15.2 Å². The number of carbonyl (C=O) groups is 4. The van der Waals surface area contributed by atoms with E-state index in [2.05, 4.69) is 15.2 Å². The van der Waals surface area contributed by atoms with Crippen molar-refractivity contribution in [2.24, 2.45) is 0 Å². The van der Waals surface area contributed by atoms with E-state index in [-0.39, 0.29) is 33.8 Å². The van der Waals surface area contributed by atoms with Crippen LogP contribution in [0.3, 0.4) is 0 Å².